The molecule has 0 bridgehead atoms. The molecule has 0 aromatic heterocycles. The van der Waals surface area contributed by atoms with Crippen LogP contribution in [0.15, 0.2) is 24.3 Å². The van der Waals surface area contributed by atoms with Crippen molar-refractivity contribution in [3.05, 3.63) is 30.1 Å². The molecule has 1 aromatic carbocycles. The van der Waals surface area contributed by atoms with Gasteiger partial charge in [0.2, 0.25) is 5.91 Å². The molecule has 1 aliphatic rings. The van der Waals surface area contributed by atoms with Crippen LogP contribution in [0, 0.1) is 11.7 Å². The van der Waals surface area contributed by atoms with Crippen LogP contribution >= 0.6 is 0 Å². The van der Waals surface area contributed by atoms with Crippen molar-refractivity contribution in [3.63, 3.8) is 0 Å². The normalized spacial score (nSPS) is 18.9. The molecular weight excluding hydrogens is 288 g/mol. The average Bonchev–Trinajstić information content (AvgIpc) is 2.84. The number of hydrogen-bond donors (Lipinski definition) is 1. The third-order valence-corrected chi connectivity index (χ3v) is 3.43. The molecule has 0 saturated carbocycles. The number of amides is 1. The van der Waals surface area contributed by atoms with Crippen LogP contribution in [-0.4, -0.2) is 31.7 Å². The molecule has 1 aliphatic heterocycles. The van der Waals surface area contributed by atoms with E-state index in [0.29, 0.717) is 6.54 Å². The van der Waals surface area contributed by atoms with Gasteiger partial charge in [0.15, 0.2) is 0 Å². The van der Waals surface area contributed by atoms with Crippen LogP contribution in [0.3, 0.4) is 0 Å². The van der Waals surface area contributed by atoms with Crippen LogP contribution in [0.1, 0.15) is 12.8 Å². The van der Waals surface area contributed by atoms with Gasteiger partial charge in [-0.15, -0.1) is 0 Å². The quantitative estimate of drug-likeness (QED) is 0.868. The molecule has 0 aliphatic carbocycles. The largest absolute Gasteiger partial charge is 0.397 e. The fourth-order valence-electron chi connectivity index (χ4n) is 2.39. The molecule has 1 amide bonds. The molecule has 1 unspecified atom stereocenters. The standard InChI is InChI=1S/C14H16F4N2O/c15-11-1-3-12(4-2-11)20-6-5-10(9-20)8-19-13(21)7-14(16,17)18/h1-4,10H,5-9H2,(H,19,21). The maximum atomic E-state index is 12.8. The van der Waals surface area contributed by atoms with Gasteiger partial charge in [-0.2, -0.15) is 13.2 Å². The maximum absolute atomic E-state index is 12.8. The lowest BCUT2D eigenvalue weighted by molar-refractivity contribution is -0.153. The highest BCUT2D eigenvalue weighted by atomic mass is 19.4. The topological polar surface area (TPSA) is 32.3 Å². The van der Waals surface area contributed by atoms with Gasteiger partial charge in [-0.1, -0.05) is 0 Å². The number of hydrogen-bond acceptors (Lipinski definition) is 2. The first-order chi connectivity index (χ1) is 9.83. The van der Waals surface area contributed by atoms with E-state index in [-0.39, 0.29) is 18.3 Å². The van der Waals surface area contributed by atoms with E-state index in [2.05, 4.69) is 5.32 Å². The first-order valence-electron chi connectivity index (χ1n) is 6.67. The predicted octanol–water partition coefficient (Wildman–Crippen LogP) is 2.72. The van der Waals surface area contributed by atoms with E-state index in [1.807, 2.05) is 4.90 Å². The number of rotatable bonds is 4. The lowest BCUT2D eigenvalue weighted by Crippen LogP contribution is -2.33. The predicted molar refractivity (Wildman–Crippen MR) is 70.4 cm³/mol. The summed E-state index contributed by atoms with van der Waals surface area (Å²) in [6.45, 7) is 1.61. The summed E-state index contributed by atoms with van der Waals surface area (Å²) in [5, 5.41) is 2.32. The molecule has 1 saturated heterocycles. The number of nitrogens with one attached hydrogen (secondary N) is 1. The minimum absolute atomic E-state index is 0.104. The van der Waals surface area contributed by atoms with Crippen LogP contribution in [0.5, 0.6) is 0 Å². The Balaban J connectivity index is 1.78. The third-order valence-electron chi connectivity index (χ3n) is 3.43. The summed E-state index contributed by atoms with van der Waals surface area (Å²) >= 11 is 0. The average molecular weight is 304 g/mol. The second-order valence-corrected chi connectivity index (χ2v) is 5.17. The number of anilines is 1. The Kier molecular flexibility index (Phi) is 4.69. The number of alkyl halides is 3. The number of carbonyl (C=O) groups is 1. The van der Waals surface area contributed by atoms with E-state index in [4.69, 9.17) is 0 Å². The van der Waals surface area contributed by atoms with Crippen LogP contribution in [0.4, 0.5) is 23.2 Å². The fourth-order valence-corrected chi connectivity index (χ4v) is 2.39. The summed E-state index contributed by atoms with van der Waals surface area (Å²) in [5.74, 6) is -1.20. The van der Waals surface area contributed by atoms with Gasteiger partial charge in [-0.3, -0.25) is 4.79 Å². The zero-order valence-electron chi connectivity index (χ0n) is 11.3. The van der Waals surface area contributed by atoms with Crippen molar-refractivity contribution in [2.75, 3.05) is 24.5 Å². The Morgan fingerprint density at radius 3 is 2.57 bits per heavy atom. The molecule has 1 N–H and O–H groups in total. The number of benzene rings is 1. The van der Waals surface area contributed by atoms with E-state index >= 15 is 0 Å². The van der Waals surface area contributed by atoms with Crippen LogP contribution in [0.2, 0.25) is 0 Å². The first-order valence-corrected chi connectivity index (χ1v) is 6.67. The van der Waals surface area contributed by atoms with Crippen molar-refractivity contribution in [2.45, 2.75) is 19.0 Å². The monoisotopic (exact) mass is 304 g/mol. The number of halogens is 4. The van der Waals surface area contributed by atoms with Crippen molar-refractivity contribution in [1.82, 2.24) is 5.32 Å². The third kappa shape index (κ3) is 4.91. The van der Waals surface area contributed by atoms with Gasteiger partial charge in [0, 0.05) is 25.3 Å². The minimum Gasteiger partial charge on any atom is -0.371 e. The van der Waals surface area contributed by atoms with E-state index in [1.54, 1.807) is 12.1 Å². The summed E-state index contributed by atoms with van der Waals surface area (Å²) in [6.07, 6.45) is -5.13. The van der Waals surface area contributed by atoms with Gasteiger partial charge >= 0.3 is 6.18 Å². The van der Waals surface area contributed by atoms with Gasteiger partial charge in [-0.25, -0.2) is 4.39 Å². The second kappa shape index (κ2) is 6.32. The van der Waals surface area contributed by atoms with Gasteiger partial charge in [0.05, 0.1) is 0 Å². The van der Waals surface area contributed by atoms with Gasteiger partial charge < -0.3 is 10.2 Å². The number of carbonyl (C=O) groups excluding carboxylic acids is 1. The van der Waals surface area contributed by atoms with Crippen molar-refractivity contribution in [1.29, 1.82) is 0 Å². The van der Waals surface area contributed by atoms with Crippen molar-refractivity contribution >= 4 is 11.6 Å². The van der Waals surface area contributed by atoms with Gasteiger partial charge in [0.25, 0.3) is 0 Å². The molecule has 116 valence electrons. The van der Waals surface area contributed by atoms with E-state index in [1.165, 1.54) is 12.1 Å². The first kappa shape index (κ1) is 15.6. The molecule has 7 heteroatoms. The Labute approximate surface area is 119 Å². The van der Waals surface area contributed by atoms with Gasteiger partial charge in [0.1, 0.15) is 12.2 Å². The molecule has 1 heterocycles. The Bertz CT molecular complexity index is 487. The highest BCUT2D eigenvalue weighted by molar-refractivity contribution is 5.76. The SMILES string of the molecule is O=C(CC(F)(F)F)NCC1CCN(c2ccc(F)cc2)C1. The Hall–Kier alpha value is -1.79. The van der Waals surface area contributed by atoms with Crippen LogP contribution in [0.25, 0.3) is 0 Å². The highest BCUT2D eigenvalue weighted by Crippen LogP contribution is 2.24. The van der Waals surface area contributed by atoms with E-state index in [0.717, 1.165) is 18.7 Å². The molecule has 3 nitrogen and oxygen atoms in total. The highest BCUT2D eigenvalue weighted by Gasteiger charge is 2.31. The summed E-state index contributed by atoms with van der Waals surface area (Å²) < 4.78 is 48.9. The molecular formula is C14H16F4N2O. The van der Waals surface area contributed by atoms with Crippen molar-refractivity contribution < 1.29 is 22.4 Å². The van der Waals surface area contributed by atoms with Gasteiger partial charge in [-0.05, 0) is 36.6 Å². The zero-order valence-corrected chi connectivity index (χ0v) is 11.3. The lowest BCUT2D eigenvalue weighted by atomic mass is 10.1. The molecule has 1 atom stereocenters. The Morgan fingerprint density at radius 1 is 1.29 bits per heavy atom. The molecule has 2 rings (SSSR count). The molecule has 21 heavy (non-hydrogen) atoms. The lowest BCUT2D eigenvalue weighted by Gasteiger charge is -2.19. The fraction of sp³-hybridized carbons (Fsp3) is 0.500. The molecule has 1 aromatic rings. The van der Waals surface area contributed by atoms with Crippen molar-refractivity contribution in [3.8, 4) is 0 Å². The van der Waals surface area contributed by atoms with E-state index in [9.17, 15) is 22.4 Å². The smallest absolute Gasteiger partial charge is 0.371 e. The molecule has 0 radical (unpaired) electrons. The van der Waals surface area contributed by atoms with Crippen LogP contribution in [-0.2, 0) is 4.79 Å². The van der Waals surface area contributed by atoms with Crippen molar-refractivity contribution in [2.24, 2.45) is 5.92 Å². The second-order valence-electron chi connectivity index (χ2n) is 5.17. The van der Waals surface area contributed by atoms with Crippen LogP contribution < -0.4 is 10.2 Å². The summed E-state index contributed by atoms with van der Waals surface area (Å²) in [6, 6.07) is 6.07. The summed E-state index contributed by atoms with van der Waals surface area (Å²) in [5.41, 5.74) is 0.875. The zero-order chi connectivity index (χ0) is 15.5. The summed E-state index contributed by atoms with van der Waals surface area (Å²) in [7, 11) is 0. The molecule has 1 fully saturated rings. The number of nitrogens with zero attached hydrogens (tertiary/aromatic N) is 1. The summed E-state index contributed by atoms with van der Waals surface area (Å²) in [4.78, 5) is 13.1. The minimum atomic E-state index is -4.47. The van der Waals surface area contributed by atoms with E-state index < -0.39 is 18.5 Å². The maximum Gasteiger partial charge on any atom is 0.397 e. The Morgan fingerprint density at radius 2 is 1.95 bits per heavy atom. The molecule has 0 spiro atoms.